The first-order chi connectivity index (χ1) is 13.9. The van der Waals surface area contributed by atoms with E-state index in [-0.39, 0.29) is 42.4 Å². The van der Waals surface area contributed by atoms with Crippen molar-refractivity contribution < 1.29 is 17.9 Å². The summed E-state index contributed by atoms with van der Waals surface area (Å²) >= 11 is 0. The molecule has 0 unspecified atom stereocenters. The summed E-state index contributed by atoms with van der Waals surface area (Å²) in [7, 11) is -1.72. The molecule has 1 saturated heterocycles. The number of ether oxygens (including phenoxy) is 2. The molecular weight excluding hydrogens is 521 g/mol. The van der Waals surface area contributed by atoms with Crippen LogP contribution in [0.1, 0.15) is 26.5 Å². The van der Waals surface area contributed by atoms with Crippen molar-refractivity contribution in [3.63, 3.8) is 0 Å². The second-order valence-electron chi connectivity index (χ2n) is 6.96. The lowest BCUT2D eigenvalue weighted by Gasteiger charge is -2.35. The van der Waals surface area contributed by atoms with Gasteiger partial charge in [0.05, 0.1) is 37.8 Å². The minimum Gasteiger partial charge on any atom is -0.481 e. The summed E-state index contributed by atoms with van der Waals surface area (Å²) in [5.74, 6) is 1.33. The Balaban J connectivity index is 0.00000450. The third kappa shape index (κ3) is 8.52. The van der Waals surface area contributed by atoms with Crippen LogP contribution in [0.4, 0.5) is 0 Å². The number of methoxy groups -OCH3 is 1. The van der Waals surface area contributed by atoms with E-state index in [2.05, 4.69) is 20.2 Å². The number of nitrogens with one attached hydrogen (secondary N) is 1. The number of rotatable bonds is 9. The molecule has 0 amide bonds. The van der Waals surface area contributed by atoms with Gasteiger partial charge in [0.25, 0.3) is 0 Å². The number of guanidine groups is 1. The number of aromatic nitrogens is 1. The van der Waals surface area contributed by atoms with Crippen molar-refractivity contribution in [1.29, 1.82) is 0 Å². The predicted octanol–water partition coefficient (Wildman–Crippen LogP) is 1.55. The van der Waals surface area contributed by atoms with Gasteiger partial charge in [-0.1, -0.05) is 6.07 Å². The number of nitrogens with zero attached hydrogens (tertiary/aromatic N) is 4. The second-order valence-corrected chi connectivity index (χ2v) is 9.05. The lowest BCUT2D eigenvalue weighted by Crippen LogP contribution is -2.54. The van der Waals surface area contributed by atoms with E-state index in [1.54, 1.807) is 17.5 Å². The highest BCUT2D eigenvalue weighted by Crippen LogP contribution is 2.11. The van der Waals surface area contributed by atoms with Crippen molar-refractivity contribution in [3.8, 4) is 5.88 Å². The highest BCUT2D eigenvalue weighted by atomic mass is 127. The van der Waals surface area contributed by atoms with E-state index < -0.39 is 10.0 Å². The van der Waals surface area contributed by atoms with Gasteiger partial charge in [0, 0.05) is 38.8 Å². The number of piperazine rings is 1. The molecule has 2 rings (SSSR count). The fraction of sp³-hybridized carbons (Fsp3) is 0.684. The van der Waals surface area contributed by atoms with Crippen LogP contribution in [-0.2, 0) is 21.3 Å². The number of sulfonamides is 1. The average molecular weight is 555 g/mol. The van der Waals surface area contributed by atoms with Crippen LogP contribution in [0.2, 0.25) is 0 Å². The number of hydrogen-bond acceptors (Lipinski definition) is 6. The van der Waals surface area contributed by atoms with Crippen molar-refractivity contribution in [1.82, 2.24) is 19.5 Å². The van der Waals surface area contributed by atoms with Crippen molar-refractivity contribution >= 4 is 40.0 Å². The molecule has 0 atom stereocenters. The Morgan fingerprint density at radius 3 is 2.57 bits per heavy atom. The molecule has 1 fully saturated rings. The van der Waals surface area contributed by atoms with Crippen LogP contribution >= 0.6 is 24.0 Å². The molecule has 0 aliphatic carbocycles. The average Bonchev–Trinajstić information content (AvgIpc) is 2.71. The van der Waals surface area contributed by atoms with E-state index in [1.165, 1.54) is 0 Å². The third-order valence-corrected chi connectivity index (χ3v) is 6.27. The van der Waals surface area contributed by atoms with Gasteiger partial charge in [0.2, 0.25) is 15.9 Å². The van der Waals surface area contributed by atoms with Gasteiger partial charge in [-0.2, -0.15) is 4.31 Å². The smallest absolute Gasteiger partial charge is 0.216 e. The van der Waals surface area contributed by atoms with Gasteiger partial charge in [0.1, 0.15) is 0 Å². The molecule has 9 nitrogen and oxygen atoms in total. The zero-order chi connectivity index (χ0) is 21.3. The quantitative estimate of drug-likeness (QED) is 0.281. The van der Waals surface area contributed by atoms with Crippen LogP contribution in [0.5, 0.6) is 5.88 Å². The summed E-state index contributed by atoms with van der Waals surface area (Å²) in [5, 5.41) is 3.28. The van der Waals surface area contributed by atoms with E-state index in [0.717, 1.165) is 18.2 Å². The van der Waals surface area contributed by atoms with Crippen LogP contribution in [0.25, 0.3) is 0 Å². The number of aliphatic imine (C=N–C) groups is 1. The molecule has 1 N–H and O–H groups in total. The standard InChI is InChI=1S/C19H33N5O4S.HI/c1-5-20-19(21-15-17-7-6-8-18(22-17)27-4)23-9-11-24(12-10-23)29(25,26)14-13-28-16(2)3;/h6-8,16H,5,9-15H2,1-4H3,(H,20,21);1H. The van der Waals surface area contributed by atoms with Crippen LogP contribution < -0.4 is 10.1 Å². The summed E-state index contributed by atoms with van der Waals surface area (Å²) in [6.45, 7) is 9.22. The van der Waals surface area contributed by atoms with Crippen LogP contribution in [0.3, 0.4) is 0 Å². The van der Waals surface area contributed by atoms with Crippen molar-refractivity contribution in [2.75, 3.05) is 52.2 Å². The number of pyridine rings is 1. The zero-order valence-corrected chi connectivity index (χ0v) is 21.4. The lowest BCUT2D eigenvalue weighted by atomic mass is 10.3. The normalized spacial score (nSPS) is 15.8. The highest BCUT2D eigenvalue weighted by molar-refractivity contribution is 14.0. The molecule has 1 aromatic rings. The molecule has 0 spiro atoms. The van der Waals surface area contributed by atoms with E-state index in [4.69, 9.17) is 9.47 Å². The number of halogens is 1. The molecule has 0 aromatic carbocycles. The monoisotopic (exact) mass is 555 g/mol. The van der Waals surface area contributed by atoms with Gasteiger partial charge in [-0.3, -0.25) is 0 Å². The molecule has 0 bridgehead atoms. The van der Waals surface area contributed by atoms with Gasteiger partial charge in [0.15, 0.2) is 5.96 Å². The van der Waals surface area contributed by atoms with E-state index in [1.807, 2.05) is 32.9 Å². The van der Waals surface area contributed by atoms with E-state index in [9.17, 15) is 8.42 Å². The Labute approximate surface area is 197 Å². The number of hydrogen-bond donors (Lipinski definition) is 1. The summed E-state index contributed by atoms with van der Waals surface area (Å²) in [6, 6.07) is 5.58. The Hall–Kier alpha value is -1.18. The molecule has 0 radical (unpaired) electrons. The Kier molecular flexibility index (Phi) is 11.9. The van der Waals surface area contributed by atoms with Gasteiger partial charge in [-0.15, -0.1) is 24.0 Å². The van der Waals surface area contributed by atoms with Gasteiger partial charge in [-0.05, 0) is 26.8 Å². The first-order valence-corrected chi connectivity index (χ1v) is 11.6. The summed E-state index contributed by atoms with van der Waals surface area (Å²) < 4.78 is 37.1. The maximum atomic E-state index is 12.5. The predicted molar refractivity (Wildman–Crippen MR) is 129 cm³/mol. The lowest BCUT2D eigenvalue weighted by molar-refractivity contribution is 0.0904. The molecule has 1 aliphatic heterocycles. The molecule has 2 heterocycles. The molecule has 30 heavy (non-hydrogen) atoms. The molecule has 1 aromatic heterocycles. The van der Waals surface area contributed by atoms with Gasteiger partial charge in [-0.25, -0.2) is 18.4 Å². The second kappa shape index (κ2) is 13.3. The highest BCUT2D eigenvalue weighted by Gasteiger charge is 2.28. The Bertz CT molecular complexity index is 768. The van der Waals surface area contributed by atoms with E-state index >= 15 is 0 Å². The molecule has 172 valence electrons. The summed E-state index contributed by atoms with van der Waals surface area (Å²) in [5.41, 5.74) is 0.811. The largest absolute Gasteiger partial charge is 0.481 e. The Morgan fingerprint density at radius 1 is 1.27 bits per heavy atom. The first kappa shape index (κ1) is 26.9. The van der Waals surface area contributed by atoms with Crippen LogP contribution in [0.15, 0.2) is 23.2 Å². The Morgan fingerprint density at radius 2 is 1.97 bits per heavy atom. The summed E-state index contributed by atoms with van der Waals surface area (Å²) in [4.78, 5) is 11.1. The van der Waals surface area contributed by atoms with E-state index in [0.29, 0.717) is 38.6 Å². The maximum Gasteiger partial charge on any atom is 0.216 e. The van der Waals surface area contributed by atoms with Crippen molar-refractivity contribution in [2.45, 2.75) is 33.4 Å². The first-order valence-electron chi connectivity index (χ1n) is 9.98. The molecular formula is C19H34IN5O4S. The fourth-order valence-corrected chi connectivity index (χ4v) is 4.22. The fourth-order valence-electron chi connectivity index (χ4n) is 2.94. The zero-order valence-electron chi connectivity index (χ0n) is 18.2. The van der Waals surface area contributed by atoms with Crippen molar-refractivity contribution in [2.24, 2.45) is 4.99 Å². The topological polar surface area (TPSA) is 96.4 Å². The maximum absolute atomic E-state index is 12.5. The molecule has 1 aliphatic rings. The summed E-state index contributed by atoms with van der Waals surface area (Å²) in [6.07, 6.45) is 0.0278. The van der Waals surface area contributed by atoms with Gasteiger partial charge < -0.3 is 19.7 Å². The molecule has 0 saturated carbocycles. The minimum atomic E-state index is -3.31. The molecule has 11 heteroatoms. The minimum absolute atomic E-state index is 0. The van der Waals surface area contributed by atoms with Crippen molar-refractivity contribution in [3.05, 3.63) is 23.9 Å². The van der Waals surface area contributed by atoms with Gasteiger partial charge >= 0.3 is 0 Å². The van der Waals surface area contributed by atoms with Crippen LogP contribution in [-0.4, -0.2) is 86.9 Å². The third-order valence-electron chi connectivity index (χ3n) is 4.44. The van der Waals surface area contributed by atoms with Crippen LogP contribution in [0, 0.1) is 0 Å². The SMILES string of the molecule is CCNC(=NCc1cccc(OC)n1)N1CCN(S(=O)(=O)CCOC(C)C)CC1.I.